The number of hydrogen-bond donors (Lipinski definition) is 0. The van der Waals surface area contributed by atoms with Crippen molar-refractivity contribution in [2.45, 2.75) is 11.8 Å². The molecule has 1 saturated heterocycles. The number of benzene rings is 3. The van der Waals surface area contributed by atoms with Gasteiger partial charge in [0.05, 0.1) is 48.8 Å². The Kier molecular flexibility index (Phi) is 4.89. The van der Waals surface area contributed by atoms with Gasteiger partial charge >= 0.3 is 0 Å². The van der Waals surface area contributed by atoms with Gasteiger partial charge in [-0.15, -0.1) is 0 Å². The molecule has 1 fully saturated rings. The highest BCUT2D eigenvalue weighted by atomic mass is 16.6. The largest absolute Gasteiger partial charge is 0.493 e. The van der Waals surface area contributed by atoms with Crippen LogP contribution < -0.4 is 9.47 Å². The number of hydrogen-bond acceptors (Lipinski definition) is 7. The van der Waals surface area contributed by atoms with Crippen molar-refractivity contribution in [2.24, 2.45) is 16.9 Å². The fourth-order valence-corrected chi connectivity index (χ4v) is 6.04. The van der Waals surface area contributed by atoms with Crippen molar-refractivity contribution in [1.29, 1.82) is 0 Å². The van der Waals surface area contributed by atoms with Crippen molar-refractivity contribution >= 4 is 23.7 Å². The molecule has 7 rings (SSSR count). The van der Waals surface area contributed by atoms with E-state index in [9.17, 15) is 19.7 Å². The van der Waals surface area contributed by atoms with Crippen molar-refractivity contribution in [3.8, 4) is 11.5 Å². The van der Waals surface area contributed by atoms with Crippen LogP contribution >= 0.6 is 0 Å². The van der Waals surface area contributed by atoms with E-state index >= 15 is 0 Å². The van der Waals surface area contributed by atoms with Gasteiger partial charge in [0.2, 0.25) is 0 Å². The SMILES string of the molecule is COc1cc(/C=N\N2C(=O)[C@@H]3C4c5ccccc5C(c5ccccc54)[C@H]3C2=O)c([N+](=O)[O-])cc1OC. The zero-order valence-electron chi connectivity index (χ0n) is 19.5. The molecule has 4 aliphatic rings. The second kappa shape index (κ2) is 8.01. The van der Waals surface area contributed by atoms with Crippen LogP contribution in [0.1, 0.15) is 39.7 Å². The molecule has 2 atom stereocenters. The summed E-state index contributed by atoms with van der Waals surface area (Å²) < 4.78 is 10.4. The van der Waals surface area contributed by atoms with Gasteiger partial charge in [0.15, 0.2) is 11.5 Å². The summed E-state index contributed by atoms with van der Waals surface area (Å²) in [4.78, 5) is 38.4. The standard InChI is InChI=1S/C27H21N3O6/c1-35-20-11-14(19(30(33)34)12-21(20)36-2)13-28-29-26(31)24-22-15-7-3-4-8-16(15)23(25(24)27(29)32)18-10-6-5-9-17(18)22/h3-13,22-25H,1-2H3/b28-13-/t22?,23?,24-,25-/m1/s1. The van der Waals surface area contributed by atoms with E-state index in [-0.39, 0.29) is 34.6 Å². The van der Waals surface area contributed by atoms with E-state index in [2.05, 4.69) is 5.10 Å². The highest BCUT2D eigenvalue weighted by Gasteiger charge is 2.61. The number of imide groups is 1. The van der Waals surface area contributed by atoms with E-state index in [1.54, 1.807) is 0 Å². The second-order valence-electron chi connectivity index (χ2n) is 9.02. The number of rotatable bonds is 5. The van der Waals surface area contributed by atoms with E-state index < -0.39 is 28.6 Å². The highest BCUT2D eigenvalue weighted by Crippen LogP contribution is 2.61. The smallest absolute Gasteiger partial charge is 0.282 e. The van der Waals surface area contributed by atoms with E-state index in [4.69, 9.17) is 9.47 Å². The zero-order valence-corrected chi connectivity index (χ0v) is 19.5. The molecule has 0 aromatic heterocycles. The van der Waals surface area contributed by atoms with Gasteiger partial charge in [-0.2, -0.15) is 10.1 Å². The van der Waals surface area contributed by atoms with E-state index in [1.807, 2.05) is 48.5 Å². The van der Waals surface area contributed by atoms with Crippen LogP contribution in [0.15, 0.2) is 65.8 Å². The van der Waals surface area contributed by atoms with Gasteiger partial charge in [-0.3, -0.25) is 19.7 Å². The first-order valence-corrected chi connectivity index (χ1v) is 11.5. The Hall–Kier alpha value is -4.53. The Balaban J connectivity index is 1.42. The number of methoxy groups -OCH3 is 2. The van der Waals surface area contributed by atoms with Gasteiger partial charge in [-0.05, 0) is 28.3 Å². The first-order valence-electron chi connectivity index (χ1n) is 11.5. The van der Waals surface area contributed by atoms with Gasteiger partial charge in [0.1, 0.15) is 0 Å². The summed E-state index contributed by atoms with van der Waals surface area (Å²) in [6.45, 7) is 0. The molecule has 9 nitrogen and oxygen atoms in total. The number of carbonyl (C=O) groups is 2. The summed E-state index contributed by atoms with van der Waals surface area (Å²) >= 11 is 0. The average Bonchev–Trinajstić information content (AvgIpc) is 3.16. The first-order chi connectivity index (χ1) is 17.5. The third-order valence-electron chi connectivity index (χ3n) is 7.47. The fraction of sp³-hybridized carbons (Fsp3) is 0.222. The molecule has 2 amide bonds. The molecule has 0 spiro atoms. The number of nitro groups is 1. The predicted molar refractivity (Wildman–Crippen MR) is 129 cm³/mol. The van der Waals surface area contributed by atoms with Crippen molar-refractivity contribution in [1.82, 2.24) is 5.01 Å². The average molecular weight is 483 g/mol. The highest BCUT2D eigenvalue weighted by molar-refractivity contribution is 6.08. The molecular formula is C27H21N3O6. The van der Waals surface area contributed by atoms with Crippen LogP contribution in [0.25, 0.3) is 0 Å². The minimum Gasteiger partial charge on any atom is -0.493 e. The Labute approximate surface area is 206 Å². The molecule has 0 radical (unpaired) electrons. The van der Waals surface area contributed by atoms with Crippen LogP contribution in [0.4, 0.5) is 5.69 Å². The maximum absolute atomic E-state index is 13.6. The lowest BCUT2D eigenvalue weighted by molar-refractivity contribution is -0.385. The molecule has 36 heavy (non-hydrogen) atoms. The van der Waals surface area contributed by atoms with Gasteiger partial charge in [-0.25, -0.2) is 0 Å². The van der Waals surface area contributed by atoms with Crippen LogP contribution in [0.2, 0.25) is 0 Å². The third kappa shape index (κ3) is 2.92. The summed E-state index contributed by atoms with van der Waals surface area (Å²) in [5, 5.41) is 16.7. The van der Waals surface area contributed by atoms with Crippen molar-refractivity contribution in [2.75, 3.05) is 14.2 Å². The topological polar surface area (TPSA) is 111 Å². The van der Waals surface area contributed by atoms with E-state index in [0.29, 0.717) is 0 Å². The van der Waals surface area contributed by atoms with Crippen molar-refractivity contribution in [3.05, 3.63) is 98.6 Å². The number of nitrogens with zero attached hydrogens (tertiary/aromatic N) is 3. The van der Waals surface area contributed by atoms with Crippen molar-refractivity contribution in [3.63, 3.8) is 0 Å². The van der Waals surface area contributed by atoms with Gasteiger partial charge in [0.25, 0.3) is 17.5 Å². The first kappa shape index (κ1) is 22.0. The maximum atomic E-state index is 13.6. The molecular weight excluding hydrogens is 462 g/mol. The third-order valence-corrected chi connectivity index (χ3v) is 7.47. The predicted octanol–water partition coefficient (Wildman–Crippen LogP) is 3.84. The molecule has 3 aliphatic carbocycles. The summed E-state index contributed by atoms with van der Waals surface area (Å²) in [7, 11) is 2.79. The number of carbonyl (C=O) groups excluding carboxylic acids is 2. The molecule has 0 saturated carbocycles. The van der Waals surface area contributed by atoms with E-state index in [1.165, 1.54) is 26.4 Å². The summed E-state index contributed by atoms with van der Waals surface area (Å²) in [6, 6.07) is 18.5. The normalized spacial score (nSPS) is 23.4. The van der Waals surface area contributed by atoms with E-state index in [0.717, 1.165) is 33.5 Å². The lowest BCUT2D eigenvalue weighted by atomic mass is 9.55. The Morgan fingerprint density at radius 1 is 0.833 bits per heavy atom. The lowest BCUT2D eigenvalue weighted by Crippen LogP contribution is -2.41. The molecule has 180 valence electrons. The second-order valence-corrected chi connectivity index (χ2v) is 9.02. The number of hydrazone groups is 1. The monoisotopic (exact) mass is 483 g/mol. The number of ether oxygens (including phenoxy) is 2. The summed E-state index contributed by atoms with van der Waals surface area (Å²) in [6.07, 6.45) is 1.16. The lowest BCUT2D eigenvalue weighted by Gasteiger charge is -2.45. The molecule has 9 heteroatoms. The van der Waals surface area contributed by atoms with Gasteiger partial charge in [0, 0.05) is 11.8 Å². The molecule has 1 heterocycles. The van der Waals surface area contributed by atoms with Crippen LogP contribution in [0.3, 0.4) is 0 Å². The fourth-order valence-electron chi connectivity index (χ4n) is 6.04. The maximum Gasteiger partial charge on any atom is 0.282 e. The van der Waals surface area contributed by atoms with Crippen LogP contribution in [0.5, 0.6) is 11.5 Å². The number of amides is 2. The Morgan fingerprint density at radius 3 is 1.69 bits per heavy atom. The summed E-state index contributed by atoms with van der Waals surface area (Å²) in [5.74, 6) is -2.01. The molecule has 0 N–H and O–H groups in total. The minimum atomic E-state index is -0.579. The van der Waals surface area contributed by atoms with Crippen LogP contribution in [-0.4, -0.2) is 42.2 Å². The zero-order chi connectivity index (χ0) is 25.1. The quantitative estimate of drug-likeness (QED) is 0.236. The molecule has 3 aromatic carbocycles. The minimum absolute atomic E-state index is 0.0858. The van der Waals surface area contributed by atoms with Gasteiger partial charge in [-0.1, -0.05) is 48.5 Å². The van der Waals surface area contributed by atoms with Crippen LogP contribution in [-0.2, 0) is 9.59 Å². The summed E-state index contributed by atoms with van der Waals surface area (Å²) in [5.41, 5.74) is 4.04. The number of nitro benzene ring substituents is 1. The van der Waals surface area contributed by atoms with Crippen LogP contribution in [0, 0.1) is 22.0 Å². The van der Waals surface area contributed by atoms with Gasteiger partial charge < -0.3 is 9.47 Å². The molecule has 3 aromatic rings. The Bertz CT molecular complexity index is 1370. The molecule has 2 bridgehead atoms. The van der Waals surface area contributed by atoms with Crippen molar-refractivity contribution < 1.29 is 24.0 Å². The molecule has 0 unspecified atom stereocenters. The molecule has 1 aliphatic heterocycles. The Morgan fingerprint density at radius 2 is 1.28 bits per heavy atom.